The first kappa shape index (κ1) is 58.3. The average molecular weight is 1030 g/mol. The van der Waals surface area contributed by atoms with Gasteiger partial charge in [-0.2, -0.15) is 12.6 Å². The third-order valence-corrected chi connectivity index (χ3v) is 12.8. The fourth-order valence-corrected chi connectivity index (χ4v) is 8.94. The maximum Gasteiger partial charge on any atom is 0.305 e. The first-order chi connectivity index (χ1) is 34.9. The van der Waals surface area contributed by atoms with Gasteiger partial charge in [-0.05, 0) is 54.7 Å². The molecule has 0 saturated heterocycles. The topological polar surface area (TPSA) is 316 Å². The number of aliphatic carboxylic acids is 3. The minimum absolute atomic E-state index is 0.00225. The van der Waals surface area contributed by atoms with Crippen molar-refractivity contribution in [2.75, 3.05) is 12.3 Å². The summed E-state index contributed by atoms with van der Waals surface area (Å²) < 4.78 is 0. The van der Waals surface area contributed by atoms with E-state index in [1.54, 1.807) is 60.7 Å². The molecule has 0 bridgehead atoms. The zero-order valence-electron chi connectivity index (χ0n) is 40.8. The van der Waals surface area contributed by atoms with Gasteiger partial charge in [0.1, 0.15) is 36.3 Å². The van der Waals surface area contributed by atoms with E-state index in [9.17, 15) is 63.3 Å². The van der Waals surface area contributed by atoms with Gasteiger partial charge in [-0.3, -0.25) is 47.9 Å². The zero-order valence-corrected chi connectivity index (χ0v) is 41.7. The number of carbonyl (C=O) groups excluding carboxylic acids is 7. The number of hydrogen-bond acceptors (Lipinski definition) is 11. The maximum atomic E-state index is 15.0. The van der Waals surface area contributed by atoms with Crippen molar-refractivity contribution in [1.82, 2.24) is 37.2 Å². The Morgan fingerprint density at radius 3 is 1.51 bits per heavy atom. The molecule has 0 unspecified atom stereocenters. The fourth-order valence-electron chi connectivity index (χ4n) is 8.69. The molecule has 3 aromatic rings. The summed E-state index contributed by atoms with van der Waals surface area (Å²) in [6.45, 7) is 1.36. The average Bonchev–Trinajstić information content (AvgIpc) is 3.36. The van der Waals surface area contributed by atoms with Gasteiger partial charge in [0.15, 0.2) is 0 Å². The van der Waals surface area contributed by atoms with E-state index in [4.69, 9.17) is 0 Å². The molecule has 73 heavy (non-hydrogen) atoms. The van der Waals surface area contributed by atoms with E-state index >= 15 is 0 Å². The molecule has 1 fully saturated rings. The Morgan fingerprint density at radius 1 is 0.534 bits per heavy atom. The molecule has 0 radical (unpaired) electrons. The van der Waals surface area contributed by atoms with E-state index < -0.39 is 134 Å². The highest BCUT2D eigenvalue weighted by Gasteiger charge is 2.38. The molecular weight excluding hydrogens is 963 g/mol. The Balaban J connectivity index is 1.68. The highest BCUT2D eigenvalue weighted by atomic mass is 32.1. The van der Waals surface area contributed by atoms with Crippen molar-refractivity contribution in [2.24, 2.45) is 5.92 Å². The van der Waals surface area contributed by atoms with Gasteiger partial charge in [-0.15, -0.1) is 0 Å². The second-order valence-electron chi connectivity index (χ2n) is 18.0. The van der Waals surface area contributed by atoms with Gasteiger partial charge in [0, 0.05) is 38.0 Å². The Bertz CT molecular complexity index is 2280. The summed E-state index contributed by atoms with van der Waals surface area (Å²) in [7, 11) is 0. The normalized spacial score (nSPS) is 14.9. The van der Waals surface area contributed by atoms with Crippen molar-refractivity contribution in [1.29, 1.82) is 0 Å². The van der Waals surface area contributed by atoms with Crippen LogP contribution in [0.15, 0.2) is 91.0 Å². The molecule has 21 heteroatoms. The number of nitrogens with one attached hydrogen (secondary N) is 7. The van der Waals surface area contributed by atoms with Crippen LogP contribution in [0.25, 0.3) is 0 Å². The molecule has 1 aliphatic carbocycles. The largest absolute Gasteiger partial charge is 0.481 e. The molecule has 0 heterocycles. The van der Waals surface area contributed by atoms with Crippen LogP contribution in [-0.2, 0) is 54.4 Å². The Labute approximate surface area is 429 Å². The zero-order chi connectivity index (χ0) is 53.3. The summed E-state index contributed by atoms with van der Waals surface area (Å²) in [6.07, 6.45) is 2.58. The minimum atomic E-state index is -1.72. The number of carboxylic acid groups (broad SMARTS) is 3. The molecule has 10 N–H and O–H groups in total. The minimum Gasteiger partial charge on any atom is -0.481 e. The van der Waals surface area contributed by atoms with E-state index in [1.807, 2.05) is 30.3 Å². The SMILES string of the molecule is CC(=O)N[C@@H](CC(=O)O)C(=O)N[C@@H](CCC(=O)O)C(=O)N[C@H](C(=O)N[C@@H](CCC(=O)O)C(=O)N[C@@H](CC1CCCCC1)C(=O)N[C@@H](CS)C(=O)NCCCc1ccccc1)C(c1ccccc1)c1ccccc1. The lowest BCUT2D eigenvalue weighted by Crippen LogP contribution is -2.61. The van der Waals surface area contributed by atoms with E-state index in [-0.39, 0.29) is 18.1 Å². The molecule has 4 rings (SSSR count). The molecule has 0 spiro atoms. The predicted octanol–water partition coefficient (Wildman–Crippen LogP) is 2.60. The van der Waals surface area contributed by atoms with Crippen LogP contribution in [0.5, 0.6) is 0 Å². The molecule has 0 aromatic heterocycles. The quantitative estimate of drug-likeness (QED) is 0.0339. The molecule has 6 atom stereocenters. The van der Waals surface area contributed by atoms with Crippen molar-refractivity contribution < 1.29 is 63.3 Å². The lowest BCUT2D eigenvalue weighted by molar-refractivity contribution is -0.141. The first-order valence-electron chi connectivity index (χ1n) is 24.4. The van der Waals surface area contributed by atoms with E-state index in [2.05, 4.69) is 49.8 Å². The monoisotopic (exact) mass is 1030 g/mol. The number of benzene rings is 3. The van der Waals surface area contributed by atoms with Crippen molar-refractivity contribution in [2.45, 2.75) is 133 Å². The molecule has 1 aliphatic rings. The number of carboxylic acids is 3. The van der Waals surface area contributed by atoms with Crippen LogP contribution in [0.3, 0.4) is 0 Å². The van der Waals surface area contributed by atoms with Crippen LogP contribution < -0.4 is 37.2 Å². The lowest BCUT2D eigenvalue weighted by Gasteiger charge is -2.32. The van der Waals surface area contributed by atoms with Crippen LogP contribution >= 0.6 is 12.6 Å². The van der Waals surface area contributed by atoms with Gasteiger partial charge in [0.2, 0.25) is 41.4 Å². The molecule has 7 amide bonds. The number of thiol groups is 1. The summed E-state index contributed by atoms with van der Waals surface area (Å²) in [5, 5.41) is 46.9. The van der Waals surface area contributed by atoms with Crippen molar-refractivity contribution in [3.05, 3.63) is 108 Å². The number of carbonyl (C=O) groups is 10. The van der Waals surface area contributed by atoms with Gasteiger partial charge >= 0.3 is 17.9 Å². The van der Waals surface area contributed by atoms with E-state index in [1.165, 1.54) is 0 Å². The van der Waals surface area contributed by atoms with Crippen LogP contribution in [0.4, 0.5) is 0 Å². The van der Waals surface area contributed by atoms with Crippen LogP contribution in [-0.4, -0.2) is 123 Å². The summed E-state index contributed by atoms with van der Waals surface area (Å²) in [4.78, 5) is 132. The van der Waals surface area contributed by atoms with Crippen molar-refractivity contribution >= 4 is 71.9 Å². The van der Waals surface area contributed by atoms with E-state index in [0.717, 1.165) is 44.6 Å². The number of rotatable bonds is 30. The van der Waals surface area contributed by atoms with E-state index in [0.29, 0.717) is 30.5 Å². The Morgan fingerprint density at radius 2 is 1.00 bits per heavy atom. The second-order valence-corrected chi connectivity index (χ2v) is 18.4. The molecule has 1 saturated carbocycles. The fraction of sp³-hybridized carbons (Fsp3) is 0.462. The third kappa shape index (κ3) is 20.4. The smallest absolute Gasteiger partial charge is 0.305 e. The van der Waals surface area contributed by atoms with Gasteiger partial charge in [0.25, 0.3) is 0 Å². The van der Waals surface area contributed by atoms with Gasteiger partial charge in [-0.1, -0.05) is 123 Å². The molecular formula is C52H67N7O13S. The van der Waals surface area contributed by atoms with Crippen LogP contribution in [0, 0.1) is 5.92 Å². The molecule has 0 aliphatic heterocycles. The predicted molar refractivity (Wildman–Crippen MR) is 271 cm³/mol. The standard InChI is InChI=1S/C52H67N7O13S/c1-32(60)54-40(30-44(65)66)51(71)55-38(25-27-43(63)64)49(69)59-46(45(35-20-10-4-11-21-35)36-22-12-5-13-23-36)52(72)56-37(24-26-42(61)62)48(68)57-39(29-34-17-8-3-9-18-34)50(70)58-41(31-73)47(67)53-28-14-19-33-15-6-2-7-16-33/h2,4-7,10-13,15-16,20-23,34,37-41,45-46,73H,3,8-9,14,17-19,24-31H2,1H3,(H,53,67)(H,54,60)(H,55,71)(H,56,72)(H,57,68)(H,58,70)(H,59,69)(H,61,62)(H,63,64)(H,65,66)/t37-,38-,39-,40-,41-,46-/m0/s1. The highest BCUT2D eigenvalue weighted by molar-refractivity contribution is 7.80. The lowest BCUT2D eigenvalue weighted by atomic mass is 9.84. The Hall–Kier alpha value is -7.29. The van der Waals surface area contributed by atoms with Gasteiger partial charge in [-0.25, -0.2) is 0 Å². The van der Waals surface area contributed by atoms with Crippen LogP contribution in [0.2, 0.25) is 0 Å². The summed E-state index contributed by atoms with van der Waals surface area (Å²) in [5.74, 6) is -11.4. The van der Waals surface area contributed by atoms with Crippen molar-refractivity contribution in [3.63, 3.8) is 0 Å². The van der Waals surface area contributed by atoms with Gasteiger partial charge < -0.3 is 52.5 Å². The summed E-state index contributed by atoms with van der Waals surface area (Å²) in [5.41, 5.74) is 2.05. The second kappa shape index (κ2) is 30.6. The first-order valence-corrected chi connectivity index (χ1v) is 25.1. The van der Waals surface area contributed by atoms with Crippen molar-refractivity contribution in [3.8, 4) is 0 Å². The molecule has 20 nitrogen and oxygen atoms in total. The third-order valence-electron chi connectivity index (χ3n) is 12.4. The number of hydrogen-bond donors (Lipinski definition) is 11. The number of amides is 7. The Kier molecular flexibility index (Phi) is 24.4. The maximum absolute atomic E-state index is 15.0. The number of aryl methyl sites for hydroxylation is 1. The molecule has 3 aromatic carbocycles. The highest BCUT2D eigenvalue weighted by Crippen LogP contribution is 2.30. The van der Waals surface area contributed by atoms with Crippen LogP contribution in [0.1, 0.15) is 107 Å². The summed E-state index contributed by atoms with van der Waals surface area (Å²) in [6, 6.07) is 17.5. The molecule has 394 valence electrons. The van der Waals surface area contributed by atoms with Gasteiger partial charge in [0.05, 0.1) is 6.42 Å². The summed E-state index contributed by atoms with van der Waals surface area (Å²) >= 11 is 4.33.